The lowest BCUT2D eigenvalue weighted by Crippen LogP contribution is -2.04. The molecule has 0 amide bonds. The number of benzene rings is 2. The summed E-state index contributed by atoms with van der Waals surface area (Å²) >= 11 is 0. The van der Waals surface area contributed by atoms with Crippen LogP contribution in [0, 0.1) is 0 Å². The van der Waals surface area contributed by atoms with Gasteiger partial charge in [-0.1, -0.05) is 30.3 Å². The monoisotopic (exact) mass is 388 g/mol. The fourth-order valence-corrected chi connectivity index (χ4v) is 3.34. The summed E-state index contributed by atoms with van der Waals surface area (Å²) in [7, 11) is -2.16. The highest BCUT2D eigenvalue weighted by molar-refractivity contribution is 7.85. The van der Waals surface area contributed by atoms with Crippen LogP contribution in [-0.4, -0.2) is 34.4 Å². The number of hydrogen-bond donors (Lipinski definition) is 0. The van der Waals surface area contributed by atoms with E-state index in [1.54, 1.807) is 18.2 Å². The number of carbonyl (C=O) groups is 1. The highest BCUT2D eigenvalue weighted by Gasteiger charge is 2.20. The fourth-order valence-electron chi connectivity index (χ4n) is 2.94. The Bertz CT molecular complexity index is 991. The van der Waals surface area contributed by atoms with E-state index >= 15 is 0 Å². The van der Waals surface area contributed by atoms with E-state index < -0.39 is 16.1 Å². The molecule has 0 unspecified atom stereocenters. The summed E-state index contributed by atoms with van der Waals surface area (Å²) in [5.41, 5.74) is 4.00. The molecule has 0 N–H and O–H groups in total. The summed E-state index contributed by atoms with van der Waals surface area (Å²) in [6.45, 7) is 0.440. The van der Waals surface area contributed by atoms with Crippen LogP contribution < -0.4 is 4.74 Å². The van der Waals surface area contributed by atoms with E-state index in [4.69, 9.17) is 13.7 Å². The summed E-state index contributed by atoms with van der Waals surface area (Å²) < 4.78 is 37.9. The molecule has 0 aliphatic carbocycles. The summed E-state index contributed by atoms with van der Waals surface area (Å²) in [5, 5.41) is 0. The van der Waals surface area contributed by atoms with Crippen molar-refractivity contribution >= 4 is 21.7 Å². The van der Waals surface area contributed by atoms with Crippen molar-refractivity contribution in [2.24, 2.45) is 0 Å². The minimum absolute atomic E-state index is 0.0391. The average molecular weight is 388 g/mol. The molecule has 2 aromatic carbocycles. The lowest BCUT2D eigenvalue weighted by molar-refractivity contribution is 0.0600. The Balaban J connectivity index is 2.04. The van der Waals surface area contributed by atoms with Crippen LogP contribution in [0.3, 0.4) is 0 Å². The third-order valence-corrected chi connectivity index (χ3v) is 4.74. The van der Waals surface area contributed by atoms with Gasteiger partial charge in [-0.2, -0.15) is 8.42 Å². The summed E-state index contributed by atoms with van der Waals surface area (Å²) in [4.78, 5) is 11.9. The molecule has 0 radical (unpaired) electrons. The van der Waals surface area contributed by atoms with Gasteiger partial charge in [-0.05, 0) is 41.3 Å². The minimum atomic E-state index is -3.49. The maximum Gasteiger partial charge on any atom is 0.337 e. The molecule has 0 spiro atoms. The van der Waals surface area contributed by atoms with Crippen molar-refractivity contribution in [2.75, 3.05) is 20.0 Å². The number of carbonyl (C=O) groups excluding carboxylic acids is 1. The largest absolute Gasteiger partial charge is 0.488 e. The molecule has 0 atom stereocenters. The van der Waals surface area contributed by atoms with Gasteiger partial charge in [-0.25, -0.2) is 4.79 Å². The molecule has 7 heteroatoms. The molecule has 3 rings (SSSR count). The Morgan fingerprint density at radius 2 is 1.96 bits per heavy atom. The Hall–Kier alpha value is -2.64. The second-order valence-electron chi connectivity index (χ2n) is 6.08. The van der Waals surface area contributed by atoms with Crippen molar-refractivity contribution in [1.82, 2.24) is 0 Å². The van der Waals surface area contributed by atoms with Crippen molar-refractivity contribution in [3.63, 3.8) is 0 Å². The standard InChI is InChI=1S/C20H20O6S/c1-24-20(21)14-9-10-19-18(12-14)17(8-5-11-26-27(2,22)23)16-7-4-3-6-15(16)13-25-19/h3-4,6-10,12H,5,11,13H2,1-2H3. The topological polar surface area (TPSA) is 78.9 Å². The summed E-state index contributed by atoms with van der Waals surface area (Å²) in [5.74, 6) is 0.212. The SMILES string of the molecule is COC(=O)c1ccc2c(c1)C(=CCCOS(C)(=O)=O)c1ccccc1CO2. The van der Waals surface area contributed by atoms with Crippen molar-refractivity contribution in [2.45, 2.75) is 13.0 Å². The highest BCUT2D eigenvalue weighted by atomic mass is 32.2. The third-order valence-electron chi connectivity index (χ3n) is 4.15. The molecule has 0 saturated heterocycles. The molecule has 0 fully saturated rings. The lowest BCUT2D eigenvalue weighted by atomic mass is 9.92. The Morgan fingerprint density at radius 3 is 2.70 bits per heavy atom. The number of rotatable bonds is 5. The average Bonchev–Trinajstić information content (AvgIpc) is 2.80. The molecular weight excluding hydrogens is 368 g/mol. The van der Waals surface area contributed by atoms with Crippen LogP contribution in [0.5, 0.6) is 5.75 Å². The molecule has 1 aliphatic rings. The summed E-state index contributed by atoms with van der Waals surface area (Å²) in [6, 6.07) is 12.9. The zero-order valence-electron chi connectivity index (χ0n) is 15.1. The van der Waals surface area contributed by atoms with Crippen LogP contribution in [0.25, 0.3) is 5.57 Å². The predicted octanol–water partition coefficient (Wildman–Crippen LogP) is 3.16. The van der Waals surface area contributed by atoms with E-state index in [2.05, 4.69) is 0 Å². The second kappa shape index (κ2) is 7.94. The number of methoxy groups -OCH3 is 1. The van der Waals surface area contributed by atoms with Gasteiger partial charge in [0.2, 0.25) is 0 Å². The third kappa shape index (κ3) is 4.56. The predicted molar refractivity (Wildman–Crippen MR) is 101 cm³/mol. The zero-order chi connectivity index (χ0) is 19.4. The molecule has 6 nitrogen and oxygen atoms in total. The van der Waals surface area contributed by atoms with Crippen LogP contribution in [-0.2, 0) is 25.6 Å². The van der Waals surface area contributed by atoms with E-state index in [-0.39, 0.29) is 6.61 Å². The van der Waals surface area contributed by atoms with Gasteiger partial charge in [0.1, 0.15) is 12.4 Å². The van der Waals surface area contributed by atoms with Crippen LogP contribution in [0.15, 0.2) is 48.5 Å². The Kier molecular flexibility index (Phi) is 5.62. The number of ether oxygens (including phenoxy) is 2. The van der Waals surface area contributed by atoms with Gasteiger partial charge in [-0.3, -0.25) is 4.18 Å². The normalized spacial score (nSPS) is 14.7. The van der Waals surface area contributed by atoms with Gasteiger partial charge in [-0.15, -0.1) is 0 Å². The van der Waals surface area contributed by atoms with Gasteiger partial charge in [0.05, 0.1) is 25.5 Å². The smallest absolute Gasteiger partial charge is 0.337 e. The second-order valence-corrected chi connectivity index (χ2v) is 7.72. The number of hydrogen-bond acceptors (Lipinski definition) is 6. The molecule has 0 bridgehead atoms. The van der Waals surface area contributed by atoms with Gasteiger partial charge in [0, 0.05) is 5.56 Å². The summed E-state index contributed by atoms with van der Waals surface area (Å²) in [6.07, 6.45) is 3.31. The van der Waals surface area contributed by atoms with Crippen LogP contribution >= 0.6 is 0 Å². The molecule has 142 valence electrons. The first-order valence-electron chi connectivity index (χ1n) is 8.37. The molecule has 2 aromatic rings. The van der Waals surface area contributed by atoms with Gasteiger partial charge >= 0.3 is 5.97 Å². The van der Waals surface area contributed by atoms with Gasteiger partial charge < -0.3 is 9.47 Å². The first kappa shape index (κ1) is 19.1. The van der Waals surface area contributed by atoms with Crippen LogP contribution in [0.2, 0.25) is 0 Å². The van der Waals surface area contributed by atoms with Crippen molar-refractivity contribution in [3.05, 3.63) is 70.8 Å². The minimum Gasteiger partial charge on any atom is -0.488 e. The quantitative estimate of drug-likeness (QED) is 0.445. The first-order chi connectivity index (χ1) is 12.9. The highest BCUT2D eigenvalue weighted by Crippen LogP contribution is 2.37. The fraction of sp³-hybridized carbons (Fsp3) is 0.250. The Labute approximate surface area is 158 Å². The molecular formula is C20H20O6S. The molecule has 27 heavy (non-hydrogen) atoms. The maximum absolute atomic E-state index is 11.9. The van der Waals surface area contributed by atoms with Crippen molar-refractivity contribution in [1.29, 1.82) is 0 Å². The maximum atomic E-state index is 11.9. The Morgan fingerprint density at radius 1 is 1.19 bits per heavy atom. The van der Waals surface area contributed by atoms with E-state index in [1.807, 2.05) is 30.3 Å². The molecule has 1 heterocycles. The van der Waals surface area contributed by atoms with Gasteiger partial charge in [0.15, 0.2) is 0 Å². The molecule has 0 aromatic heterocycles. The molecule has 1 aliphatic heterocycles. The number of esters is 1. The van der Waals surface area contributed by atoms with E-state index in [0.29, 0.717) is 24.3 Å². The lowest BCUT2D eigenvalue weighted by Gasteiger charge is -2.12. The van der Waals surface area contributed by atoms with E-state index in [9.17, 15) is 13.2 Å². The van der Waals surface area contributed by atoms with E-state index in [0.717, 1.165) is 28.5 Å². The van der Waals surface area contributed by atoms with E-state index in [1.165, 1.54) is 7.11 Å². The van der Waals surface area contributed by atoms with Crippen molar-refractivity contribution < 1.29 is 26.9 Å². The van der Waals surface area contributed by atoms with Gasteiger partial charge in [0.25, 0.3) is 10.1 Å². The molecule has 0 saturated carbocycles. The first-order valence-corrected chi connectivity index (χ1v) is 10.2. The number of fused-ring (bicyclic) bond motifs is 2. The van der Waals surface area contributed by atoms with Crippen LogP contribution in [0.1, 0.15) is 33.5 Å². The van der Waals surface area contributed by atoms with Crippen molar-refractivity contribution in [3.8, 4) is 5.75 Å². The zero-order valence-corrected chi connectivity index (χ0v) is 15.9. The van der Waals surface area contributed by atoms with Crippen LogP contribution in [0.4, 0.5) is 0 Å².